The Labute approximate surface area is 380 Å². The van der Waals surface area contributed by atoms with Crippen molar-refractivity contribution in [1.29, 1.82) is 0 Å². The smallest absolute Gasteiger partial charge is 0.223 e. The lowest BCUT2D eigenvalue weighted by atomic mass is 9.74. The number of fused-ring (bicyclic) bond motifs is 5. The van der Waals surface area contributed by atoms with Crippen molar-refractivity contribution in [3.05, 3.63) is 88.0 Å². The number of hydrogen-bond acceptors (Lipinski definition) is 9. The number of Topliss-reactive ketones (excluding diaryl/α,β-unsaturated/α-hetero) is 1. The Hall–Kier alpha value is -4.45. The van der Waals surface area contributed by atoms with Gasteiger partial charge in [0, 0.05) is 61.4 Å². The molecule has 0 aromatic heterocycles. The van der Waals surface area contributed by atoms with Crippen LogP contribution in [-0.2, 0) is 14.3 Å². The number of allylic oxidation sites excluding steroid dienone is 4. The first kappa shape index (κ1) is 46.1. The SMILES string of the molecule is CCC(C)CC(=O)N1CCCC1C1N=C(c2ccc3c(c2)OC(C2CC(F)=CC=C2OC)C2CC3=Cc3cc(C4=NC(C(C)C(CC)C(=O)C(N)C(C)CC)NC4)ccc3C2C)CN1. The fourth-order valence-corrected chi connectivity index (χ4v) is 11.3. The maximum Gasteiger partial charge on any atom is 0.223 e. The number of hydrogen-bond donors (Lipinski definition) is 3. The predicted octanol–water partition coefficient (Wildman–Crippen LogP) is 8.98. The summed E-state index contributed by atoms with van der Waals surface area (Å²) in [6.45, 7) is 16.9. The van der Waals surface area contributed by atoms with Crippen LogP contribution in [0.25, 0.3) is 11.6 Å². The van der Waals surface area contributed by atoms with Crippen LogP contribution in [0.4, 0.5) is 4.39 Å². The molecule has 0 spiro atoms. The number of rotatable bonds is 15. The molecule has 2 aromatic carbocycles. The highest BCUT2D eigenvalue weighted by molar-refractivity contribution is 6.05. The summed E-state index contributed by atoms with van der Waals surface area (Å²) in [5, 5.41) is 7.26. The number of amides is 1. The number of benzene rings is 2. The van der Waals surface area contributed by atoms with E-state index in [1.165, 1.54) is 17.2 Å². The summed E-state index contributed by atoms with van der Waals surface area (Å²) in [5.41, 5.74) is 15.0. The van der Waals surface area contributed by atoms with Gasteiger partial charge in [-0.3, -0.25) is 30.2 Å². The van der Waals surface area contributed by atoms with Crippen LogP contribution in [0.3, 0.4) is 0 Å². The number of methoxy groups -OCH3 is 1. The van der Waals surface area contributed by atoms with Crippen LogP contribution < -0.4 is 21.1 Å². The van der Waals surface area contributed by atoms with E-state index in [0.717, 1.165) is 90.3 Å². The molecule has 1 amide bonds. The van der Waals surface area contributed by atoms with E-state index in [9.17, 15) is 9.59 Å². The first-order valence-corrected chi connectivity index (χ1v) is 24.3. The van der Waals surface area contributed by atoms with Gasteiger partial charge in [-0.05, 0) is 90.0 Å². The summed E-state index contributed by atoms with van der Waals surface area (Å²) < 4.78 is 28.5. The lowest BCUT2D eigenvalue weighted by Crippen LogP contribution is -2.46. The molecule has 1 saturated heterocycles. The molecule has 10 nitrogen and oxygen atoms in total. The van der Waals surface area contributed by atoms with Crippen LogP contribution in [0, 0.1) is 35.5 Å². The van der Waals surface area contributed by atoms with E-state index >= 15 is 4.39 Å². The molecular weight excluding hydrogens is 804 g/mol. The molecule has 0 radical (unpaired) electrons. The Morgan fingerprint density at radius 1 is 0.969 bits per heavy atom. The predicted molar refractivity (Wildman–Crippen MR) is 255 cm³/mol. The second-order valence-corrected chi connectivity index (χ2v) is 19.7. The van der Waals surface area contributed by atoms with Crippen LogP contribution in [0.5, 0.6) is 5.75 Å². The van der Waals surface area contributed by atoms with Gasteiger partial charge in [-0.15, -0.1) is 0 Å². The van der Waals surface area contributed by atoms with Gasteiger partial charge in [0.2, 0.25) is 5.91 Å². The van der Waals surface area contributed by atoms with Gasteiger partial charge in [-0.1, -0.05) is 91.6 Å². The summed E-state index contributed by atoms with van der Waals surface area (Å²) in [5.74, 6) is 1.78. The number of carbonyl (C=O) groups is 2. The van der Waals surface area contributed by atoms with Crippen molar-refractivity contribution in [3.8, 4) is 5.75 Å². The highest BCUT2D eigenvalue weighted by atomic mass is 19.1. The standard InChI is InChI=1S/C53H71FN6O4/c1-9-29(4)21-48(61)60-20-12-13-45(60)53-57-28-44(59-53)34-15-18-40-36-23-35-22-33(43-27-56-52(58-43)32(7)38(11-3)50(62)49(55)30(5)10-2)14-17-39(35)31(6)41(24-36)51(64-47(40)25-34)42-26-37(54)16-19-46(42)63-8/h14-19,22-23,25,29-32,38,41-42,45,49,51-53,56-57H,9-13,20-21,24,26-28,55H2,1-8H3. The minimum absolute atomic E-state index is 0.00200. The van der Waals surface area contributed by atoms with Crippen LogP contribution in [0.15, 0.2) is 70.1 Å². The van der Waals surface area contributed by atoms with E-state index in [1.54, 1.807) is 13.2 Å². The van der Waals surface area contributed by atoms with Crippen LogP contribution in [0.2, 0.25) is 0 Å². The van der Waals surface area contributed by atoms with E-state index in [0.29, 0.717) is 25.4 Å². The van der Waals surface area contributed by atoms with Crippen molar-refractivity contribution in [2.45, 2.75) is 136 Å². The van der Waals surface area contributed by atoms with Crippen molar-refractivity contribution >= 4 is 34.8 Å². The fourth-order valence-electron chi connectivity index (χ4n) is 11.3. The quantitative estimate of drug-likeness (QED) is 0.163. The molecule has 2 bridgehead atoms. The number of nitrogens with one attached hydrogen (secondary N) is 2. The largest absolute Gasteiger partial charge is 0.501 e. The number of halogens is 1. The van der Waals surface area contributed by atoms with E-state index < -0.39 is 6.04 Å². The maximum absolute atomic E-state index is 15.3. The third kappa shape index (κ3) is 9.06. The first-order valence-electron chi connectivity index (χ1n) is 24.3. The second-order valence-electron chi connectivity index (χ2n) is 19.7. The molecule has 6 aliphatic rings. The fraction of sp³-hybridized carbons (Fsp3) is 0.585. The van der Waals surface area contributed by atoms with Gasteiger partial charge in [0.05, 0.1) is 36.5 Å². The molecule has 4 heterocycles. The minimum Gasteiger partial charge on any atom is -0.501 e. The number of nitrogens with two attached hydrogens (primary N) is 1. The number of nitrogens with zero attached hydrogens (tertiary/aromatic N) is 3. The third-order valence-electron chi connectivity index (χ3n) is 15.8. The highest BCUT2D eigenvalue weighted by Gasteiger charge is 2.44. The van der Waals surface area contributed by atoms with Crippen LogP contribution >= 0.6 is 0 Å². The topological polar surface area (TPSA) is 131 Å². The average molecular weight is 875 g/mol. The molecule has 2 aliphatic carbocycles. The van der Waals surface area contributed by atoms with Gasteiger partial charge in [0.25, 0.3) is 0 Å². The molecule has 11 heteroatoms. The zero-order valence-corrected chi connectivity index (χ0v) is 39.3. The van der Waals surface area contributed by atoms with Crippen molar-refractivity contribution in [3.63, 3.8) is 0 Å². The van der Waals surface area contributed by atoms with Gasteiger partial charge >= 0.3 is 0 Å². The summed E-state index contributed by atoms with van der Waals surface area (Å²) in [4.78, 5) is 39.4. The van der Waals surface area contributed by atoms with Gasteiger partial charge in [0.15, 0.2) is 5.78 Å². The summed E-state index contributed by atoms with van der Waals surface area (Å²) in [7, 11) is 1.66. The van der Waals surface area contributed by atoms with Gasteiger partial charge in [-0.25, -0.2) is 4.39 Å². The zero-order valence-electron chi connectivity index (χ0n) is 39.3. The maximum atomic E-state index is 15.3. The summed E-state index contributed by atoms with van der Waals surface area (Å²) >= 11 is 0. The number of ketones is 1. The lowest BCUT2D eigenvalue weighted by molar-refractivity contribution is -0.133. The molecule has 344 valence electrons. The molecule has 2 aromatic rings. The van der Waals surface area contributed by atoms with Crippen LogP contribution in [0.1, 0.15) is 134 Å². The third-order valence-corrected chi connectivity index (χ3v) is 15.8. The lowest BCUT2D eigenvalue weighted by Gasteiger charge is -2.37. The van der Waals surface area contributed by atoms with Crippen LogP contribution in [-0.4, -0.2) is 85.3 Å². The number of aliphatic imine (C=N–C) groups is 2. The monoisotopic (exact) mass is 875 g/mol. The van der Waals surface area contributed by atoms with Gasteiger partial charge in [0.1, 0.15) is 35.8 Å². The molecule has 12 unspecified atom stereocenters. The molecule has 4 N–H and O–H groups in total. The average Bonchev–Trinajstić information content (AvgIpc) is 4.08. The van der Waals surface area contributed by atoms with Crippen molar-refractivity contribution in [1.82, 2.24) is 15.5 Å². The van der Waals surface area contributed by atoms with E-state index in [4.69, 9.17) is 25.2 Å². The molecule has 4 aliphatic heterocycles. The van der Waals surface area contributed by atoms with E-state index in [-0.39, 0.29) is 83.9 Å². The Bertz CT molecular complexity index is 2250. The highest BCUT2D eigenvalue weighted by Crippen LogP contribution is 2.50. The molecule has 1 fully saturated rings. The second kappa shape index (κ2) is 19.6. The Balaban J connectivity index is 1.12. The molecular formula is C53H71FN6O4. The number of ether oxygens (including phenoxy) is 2. The Morgan fingerprint density at radius 2 is 1.72 bits per heavy atom. The van der Waals surface area contributed by atoms with Gasteiger partial charge < -0.3 is 20.1 Å². The number of likely N-dealkylation sites (tertiary alicyclic amines) is 1. The molecule has 0 saturated carbocycles. The van der Waals surface area contributed by atoms with Gasteiger partial charge in [-0.2, -0.15) is 0 Å². The molecule has 12 atom stereocenters. The van der Waals surface area contributed by atoms with Crippen molar-refractivity contribution in [2.24, 2.45) is 51.2 Å². The Morgan fingerprint density at radius 3 is 2.47 bits per heavy atom. The summed E-state index contributed by atoms with van der Waals surface area (Å²) in [6, 6.07) is 12.7. The first-order chi connectivity index (χ1) is 30.8. The Kier molecular flexibility index (Phi) is 14.1. The van der Waals surface area contributed by atoms with E-state index in [1.807, 2.05) is 0 Å². The zero-order chi connectivity index (χ0) is 45.4. The number of carbonyl (C=O) groups excluding carboxylic acids is 2. The van der Waals surface area contributed by atoms with Crippen molar-refractivity contribution < 1.29 is 23.5 Å². The minimum atomic E-state index is -0.469. The normalized spacial score (nSPS) is 28.7. The molecule has 64 heavy (non-hydrogen) atoms. The van der Waals surface area contributed by atoms with Crippen molar-refractivity contribution in [2.75, 3.05) is 26.7 Å². The van der Waals surface area contributed by atoms with E-state index in [2.05, 4.69) is 106 Å². The summed E-state index contributed by atoms with van der Waals surface area (Å²) in [6.07, 6.45) is 10.9. The molecule has 8 rings (SSSR count).